The van der Waals surface area contributed by atoms with Gasteiger partial charge in [0.05, 0.1) is 0 Å². The zero-order valence-electron chi connectivity index (χ0n) is 13.7. The molecule has 3 rings (SSSR count). The minimum Gasteiger partial charge on any atom is -0.471 e. The first kappa shape index (κ1) is 15.9. The smallest absolute Gasteiger partial charge is 0.238 e. The summed E-state index contributed by atoms with van der Waals surface area (Å²) < 4.78 is 5.96. The van der Waals surface area contributed by atoms with Crippen LogP contribution in [0.25, 0.3) is 10.9 Å². The molecule has 0 saturated heterocycles. The van der Waals surface area contributed by atoms with Crippen LogP contribution in [0.1, 0.15) is 35.7 Å². The van der Waals surface area contributed by atoms with Gasteiger partial charge in [-0.25, -0.2) is 4.98 Å². The molecule has 0 fully saturated rings. The summed E-state index contributed by atoms with van der Waals surface area (Å²) in [6.45, 7) is 6.87. The molecule has 0 saturated carbocycles. The Hall–Kier alpha value is -2.00. The van der Waals surface area contributed by atoms with Gasteiger partial charge in [-0.05, 0) is 49.1 Å². The first-order valence-corrected chi connectivity index (χ1v) is 8.32. The standard InChI is InChI=1S/C19H21ClN2O/c1-4-6-15-10-21-19(18-17(15)12(2)13(3)22-18)23-11-14-7-5-8-16(20)9-14/h5,7-10,22H,4,6,11H2,1-3H3. The van der Waals surface area contributed by atoms with Crippen LogP contribution in [0.15, 0.2) is 30.5 Å². The highest BCUT2D eigenvalue weighted by molar-refractivity contribution is 6.30. The SMILES string of the molecule is CCCc1cnc(OCc2cccc(Cl)c2)c2[nH]c(C)c(C)c12. The summed E-state index contributed by atoms with van der Waals surface area (Å²) in [4.78, 5) is 7.96. The highest BCUT2D eigenvalue weighted by Crippen LogP contribution is 2.31. The van der Waals surface area contributed by atoms with Crippen molar-refractivity contribution in [3.63, 3.8) is 0 Å². The van der Waals surface area contributed by atoms with Crippen molar-refractivity contribution < 1.29 is 4.74 Å². The van der Waals surface area contributed by atoms with Crippen LogP contribution in [-0.2, 0) is 13.0 Å². The molecule has 3 nitrogen and oxygen atoms in total. The molecule has 0 bridgehead atoms. The third-order valence-corrected chi connectivity index (χ3v) is 4.39. The first-order chi connectivity index (χ1) is 11.1. The molecule has 4 heteroatoms. The van der Waals surface area contributed by atoms with Crippen LogP contribution in [-0.4, -0.2) is 9.97 Å². The van der Waals surface area contributed by atoms with Gasteiger partial charge in [0.15, 0.2) is 0 Å². The summed E-state index contributed by atoms with van der Waals surface area (Å²) >= 11 is 6.02. The van der Waals surface area contributed by atoms with E-state index >= 15 is 0 Å². The number of rotatable bonds is 5. The second kappa shape index (κ2) is 6.63. The fourth-order valence-electron chi connectivity index (χ4n) is 2.89. The highest BCUT2D eigenvalue weighted by Gasteiger charge is 2.14. The van der Waals surface area contributed by atoms with Gasteiger partial charge >= 0.3 is 0 Å². The molecule has 0 aliphatic carbocycles. The van der Waals surface area contributed by atoms with Crippen LogP contribution >= 0.6 is 11.6 Å². The number of hydrogen-bond acceptors (Lipinski definition) is 2. The van der Waals surface area contributed by atoms with E-state index in [4.69, 9.17) is 16.3 Å². The van der Waals surface area contributed by atoms with E-state index in [0.717, 1.165) is 29.6 Å². The third kappa shape index (κ3) is 3.20. The van der Waals surface area contributed by atoms with Crippen molar-refractivity contribution in [1.29, 1.82) is 0 Å². The molecule has 0 amide bonds. The van der Waals surface area contributed by atoms with Crippen molar-refractivity contribution in [2.24, 2.45) is 0 Å². The largest absolute Gasteiger partial charge is 0.471 e. The number of hydrogen-bond donors (Lipinski definition) is 1. The normalized spacial score (nSPS) is 11.1. The van der Waals surface area contributed by atoms with Gasteiger partial charge in [0.25, 0.3) is 0 Å². The number of fused-ring (bicyclic) bond motifs is 1. The predicted octanol–water partition coefficient (Wildman–Crippen LogP) is 5.36. The van der Waals surface area contributed by atoms with Crippen LogP contribution in [0.2, 0.25) is 5.02 Å². The van der Waals surface area contributed by atoms with Crippen molar-refractivity contribution >= 4 is 22.5 Å². The maximum Gasteiger partial charge on any atom is 0.238 e. The second-order valence-corrected chi connectivity index (χ2v) is 6.32. The van der Waals surface area contributed by atoms with Gasteiger partial charge in [-0.2, -0.15) is 0 Å². The van der Waals surface area contributed by atoms with Gasteiger partial charge in [-0.3, -0.25) is 0 Å². The number of ether oxygens (including phenoxy) is 1. The molecule has 0 atom stereocenters. The molecule has 0 radical (unpaired) electrons. The topological polar surface area (TPSA) is 37.9 Å². The molecule has 120 valence electrons. The number of halogens is 1. The lowest BCUT2D eigenvalue weighted by Crippen LogP contribution is -1.99. The number of nitrogens with zero attached hydrogens (tertiary/aromatic N) is 1. The van der Waals surface area contributed by atoms with E-state index < -0.39 is 0 Å². The lowest BCUT2D eigenvalue weighted by molar-refractivity contribution is 0.297. The average Bonchev–Trinajstić information content (AvgIpc) is 2.83. The van der Waals surface area contributed by atoms with Gasteiger partial charge in [0.1, 0.15) is 12.1 Å². The molecule has 0 unspecified atom stereocenters. The molecule has 2 heterocycles. The zero-order valence-corrected chi connectivity index (χ0v) is 14.5. The van der Waals surface area contributed by atoms with Gasteiger partial charge in [-0.15, -0.1) is 0 Å². The third-order valence-electron chi connectivity index (χ3n) is 4.16. The van der Waals surface area contributed by atoms with E-state index in [2.05, 4.69) is 30.7 Å². The van der Waals surface area contributed by atoms with Crippen molar-refractivity contribution in [3.8, 4) is 5.88 Å². The minimum atomic E-state index is 0.451. The van der Waals surface area contributed by atoms with Gasteiger partial charge in [0, 0.05) is 22.3 Å². The Bertz CT molecular complexity index is 839. The number of nitrogens with one attached hydrogen (secondary N) is 1. The number of pyridine rings is 1. The predicted molar refractivity (Wildman–Crippen MR) is 95.3 cm³/mol. The van der Waals surface area contributed by atoms with E-state index in [9.17, 15) is 0 Å². The molecule has 0 aliphatic heterocycles. The second-order valence-electron chi connectivity index (χ2n) is 5.88. The summed E-state index contributed by atoms with van der Waals surface area (Å²) in [7, 11) is 0. The van der Waals surface area contributed by atoms with Crippen LogP contribution in [0.3, 0.4) is 0 Å². The molecule has 0 aliphatic rings. The summed E-state index contributed by atoms with van der Waals surface area (Å²) in [5.74, 6) is 0.649. The molecule has 1 aromatic carbocycles. The quantitative estimate of drug-likeness (QED) is 0.684. The lowest BCUT2D eigenvalue weighted by atomic mass is 10.0. The Labute approximate surface area is 141 Å². The first-order valence-electron chi connectivity index (χ1n) is 7.94. The number of benzene rings is 1. The fourth-order valence-corrected chi connectivity index (χ4v) is 3.11. The van der Waals surface area contributed by atoms with Crippen LogP contribution in [0.5, 0.6) is 5.88 Å². The molecule has 3 aromatic rings. The fraction of sp³-hybridized carbons (Fsp3) is 0.316. The zero-order chi connectivity index (χ0) is 16.4. The van der Waals surface area contributed by atoms with Gasteiger partial charge in [0.2, 0.25) is 5.88 Å². The van der Waals surface area contributed by atoms with Gasteiger partial charge < -0.3 is 9.72 Å². The lowest BCUT2D eigenvalue weighted by Gasteiger charge is -2.09. The Morgan fingerprint density at radius 1 is 1.26 bits per heavy atom. The maximum absolute atomic E-state index is 6.02. The minimum absolute atomic E-state index is 0.451. The molecule has 23 heavy (non-hydrogen) atoms. The van der Waals surface area contributed by atoms with E-state index in [1.165, 1.54) is 16.5 Å². The Morgan fingerprint density at radius 2 is 2.09 bits per heavy atom. The van der Waals surface area contributed by atoms with Crippen molar-refractivity contribution in [1.82, 2.24) is 9.97 Å². The summed E-state index contributed by atoms with van der Waals surface area (Å²) in [5.41, 5.74) is 5.74. The monoisotopic (exact) mass is 328 g/mol. The van der Waals surface area contributed by atoms with Crippen molar-refractivity contribution in [2.75, 3.05) is 0 Å². The van der Waals surface area contributed by atoms with E-state index in [1.807, 2.05) is 30.5 Å². The molecule has 1 N–H and O–H groups in total. The number of H-pyrrole nitrogens is 1. The Morgan fingerprint density at radius 3 is 2.83 bits per heavy atom. The molecule has 2 aromatic heterocycles. The molecular formula is C19H21ClN2O. The van der Waals surface area contributed by atoms with Gasteiger partial charge in [-0.1, -0.05) is 37.1 Å². The number of aromatic amines is 1. The summed E-state index contributed by atoms with van der Waals surface area (Å²) in [5, 5.41) is 1.97. The van der Waals surface area contributed by atoms with Crippen LogP contribution in [0, 0.1) is 13.8 Å². The number of aromatic nitrogens is 2. The van der Waals surface area contributed by atoms with E-state index in [-0.39, 0.29) is 0 Å². The summed E-state index contributed by atoms with van der Waals surface area (Å²) in [6.07, 6.45) is 4.07. The van der Waals surface area contributed by atoms with Crippen molar-refractivity contribution in [3.05, 3.63) is 57.9 Å². The van der Waals surface area contributed by atoms with Crippen molar-refractivity contribution in [2.45, 2.75) is 40.2 Å². The number of aryl methyl sites for hydroxylation is 3. The summed E-state index contributed by atoms with van der Waals surface area (Å²) in [6, 6.07) is 7.70. The van der Waals surface area contributed by atoms with Crippen LogP contribution in [0.4, 0.5) is 0 Å². The Balaban J connectivity index is 1.95. The van der Waals surface area contributed by atoms with E-state index in [1.54, 1.807) is 0 Å². The molecular weight excluding hydrogens is 308 g/mol. The van der Waals surface area contributed by atoms with E-state index in [0.29, 0.717) is 17.5 Å². The molecule has 0 spiro atoms. The maximum atomic E-state index is 6.02. The average molecular weight is 329 g/mol. The Kier molecular flexibility index (Phi) is 4.58. The van der Waals surface area contributed by atoms with Crippen LogP contribution < -0.4 is 4.74 Å². The highest BCUT2D eigenvalue weighted by atomic mass is 35.5.